The molecule has 634 valence electrons. The summed E-state index contributed by atoms with van der Waals surface area (Å²) in [5, 5.41) is 12.2. The van der Waals surface area contributed by atoms with Crippen LogP contribution < -0.4 is 21.3 Å². The van der Waals surface area contributed by atoms with Gasteiger partial charge in [0.15, 0.2) is 16.9 Å². The molecule has 14 aromatic rings. The van der Waals surface area contributed by atoms with Gasteiger partial charge in [-0.05, 0) is 196 Å². The molecular weight excluding hydrogens is 1530 g/mol. The van der Waals surface area contributed by atoms with Crippen LogP contribution in [0.1, 0.15) is 149 Å². The zero-order chi connectivity index (χ0) is 85.9. The number of nitrogens with one attached hydrogen (secondary N) is 4. The van der Waals surface area contributed by atoms with Gasteiger partial charge in [-0.2, -0.15) is 0 Å². The van der Waals surface area contributed by atoms with Gasteiger partial charge in [0.05, 0.1) is 46.1 Å². The smallest absolute Gasteiger partial charge is 0.315 e. The average molecular weight is 1650 g/mol. The van der Waals surface area contributed by atoms with E-state index in [9.17, 15) is 14.4 Å². The number of nitrogens with zero attached hydrogens (tertiary/aromatic N) is 11. The Morgan fingerprint density at radius 3 is 1.05 bits per heavy atom. The first-order valence-electron chi connectivity index (χ1n) is 43.8. The number of aryl methyl sites for hydroxylation is 9. The summed E-state index contributed by atoms with van der Waals surface area (Å²) >= 11 is 0. The number of carbonyl (C=O) groups is 3. The van der Waals surface area contributed by atoms with Gasteiger partial charge in [-0.3, -0.25) is 19.4 Å². The maximum atomic E-state index is 12.7. The Kier molecular flexibility index (Phi) is 29.4. The highest BCUT2D eigenvalue weighted by Crippen LogP contribution is 2.34. The predicted molar refractivity (Wildman–Crippen MR) is 494 cm³/mol. The van der Waals surface area contributed by atoms with Crippen molar-refractivity contribution in [1.82, 2.24) is 74.7 Å². The van der Waals surface area contributed by atoms with Crippen LogP contribution in [0.4, 0.5) is 4.79 Å². The molecule has 16 rings (SSSR count). The number of imidazole rings is 3. The number of rotatable bonds is 28. The van der Waals surface area contributed by atoms with Crippen molar-refractivity contribution in [3.8, 4) is 44.5 Å². The molecule has 0 atom stereocenters. The van der Waals surface area contributed by atoms with Gasteiger partial charge >= 0.3 is 6.03 Å². The minimum absolute atomic E-state index is 0.0526. The molecule has 20 heteroatoms. The maximum absolute atomic E-state index is 12.7. The highest BCUT2D eigenvalue weighted by Gasteiger charge is 2.22. The summed E-state index contributed by atoms with van der Waals surface area (Å²) in [5.74, 6) is 3.27. The second-order valence-corrected chi connectivity index (χ2v) is 32.4. The summed E-state index contributed by atoms with van der Waals surface area (Å²) < 4.78 is 17.8. The van der Waals surface area contributed by atoms with E-state index in [1.54, 1.807) is 0 Å². The number of hydrogen-bond acceptors (Lipinski definition) is 13. The molecule has 0 radical (unpaired) electrons. The quantitative estimate of drug-likeness (QED) is 0.0359. The van der Waals surface area contributed by atoms with Gasteiger partial charge in [-0.1, -0.05) is 204 Å². The average Bonchev–Trinajstić information content (AvgIpc) is 1.63. The van der Waals surface area contributed by atoms with Crippen LogP contribution in [0.5, 0.6) is 0 Å². The number of urea groups is 1. The first kappa shape index (κ1) is 87.0. The van der Waals surface area contributed by atoms with E-state index in [1.165, 1.54) is 50.1 Å². The van der Waals surface area contributed by atoms with Crippen LogP contribution in [0.2, 0.25) is 0 Å². The molecule has 0 spiro atoms. The van der Waals surface area contributed by atoms with E-state index in [4.69, 9.17) is 39.4 Å². The van der Waals surface area contributed by atoms with E-state index in [0.29, 0.717) is 45.6 Å². The van der Waals surface area contributed by atoms with Gasteiger partial charge in [-0.15, -0.1) is 0 Å². The van der Waals surface area contributed by atoms with Gasteiger partial charge in [-0.25, -0.2) is 34.7 Å². The first-order chi connectivity index (χ1) is 59.9. The molecular formula is C103H117N15O5. The highest BCUT2D eigenvalue weighted by molar-refractivity contribution is 5.82. The fourth-order valence-corrected chi connectivity index (χ4v) is 16.5. The summed E-state index contributed by atoms with van der Waals surface area (Å²) in [6.45, 7) is 35.5. The second-order valence-electron chi connectivity index (χ2n) is 32.4. The molecule has 2 aliphatic heterocycles. The van der Waals surface area contributed by atoms with Crippen LogP contribution in [-0.4, -0.2) is 130 Å². The molecule has 2 fully saturated rings. The van der Waals surface area contributed by atoms with Crippen LogP contribution in [0.25, 0.3) is 78.0 Å². The van der Waals surface area contributed by atoms with E-state index in [2.05, 4.69) is 268 Å². The lowest BCUT2D eigenvalue weighted by atomic mass is 9.94. The SMILES string of the molecule is CCC(=O)NCc1ccc(-c2ccccc2)cc1-c1ccc(Cn2c(CC)nc3c(C)cc(C)nc32)cc1.CCC(=O)NCc1ccc(CN2CCOCC2)cc1-c1ccc(Cn2c(CC)nc3c(C)cc(C)nc32)cc1.CCc1nc2c(C)cc(C)nc2n1Cc1ccc(-c2cc(CN3CCOCC3)ccc2CNC(=O)NCCc2ccccc2)cc1. The lowest BCUT2D eigenvalue weighted by Crippen LogP contribution is -2.36. The Hall–Kier alpha value is -12.3. The summed E-state index contributed by atoms with van der Waals surface area (Å²) in [5.41, 5.74) is 32.2. The van der Waals surface area contributed by atoms with Gasteiger partial charge in [0, 0.05) is 115 Å². The van der Waals surface area contributed by atoms with Crippen molar-refractivity contribution in [3.05, 3.63) is 308 Å². The fraction of sp³-hybridized carbons (Fsp3) is 0.330. The summed E-state index contributed by atoms with van der Waals surface area (Å²) in [4.78, 5) is 70.8. The molecule has 8 aromatic carbocycles. The third-order valence-electron chi connectivity index (χ3n) is 23.2. The van der Waals surface area contributed by atoms with E-state index in [1.807, 2.05) is 58.9 Å². The maximum Gasteiger partial charge on any atom is 0.315 e. The summed E-state index contributed by atoms with van der Waals surface area (Å²) in [7, 11) is 0. The lowest BCUT2D eigenvalue weighted by Gasteiger charge is -2.27. The number of ether oxygens (including phenoxy) is 2. The Morgan fingerprint density at radius 1 is 0.333 bits per heavy atom. The van der Waals surface area contributed by atoms with E-state index in [0.717, 1.165) is 234 Å². The Morgan fingerprint density at radius 2 is 0.675 bits per heavy atom. The lowest BCUT2D eigenvalue weighted by molar-refractivity contribution is -0.121. The highest BCUT2D eigenvalue weighted by atomic mass is 16.5. The molecule has 2 aliphatic rings. The summed E-state index contributed by atoms with van der Waals surface area (Å²) in [6, 6.07) is 72.8. The Labute approximate surface area is 724 Å². The standard InChI is InChI=1S/C38H44N6O2.C33H34N4O.C32H39N5O2/c1-4-35-42-36-27(2)22-28(3)41-37(36)44(35)26-30-10-13-32(14-11-30)34-23-31(25-43-18-20-46-21-19-43)12-15-33(34)24-40-38(45)39-17-16-29-8-6-5-7-9-29;1-5-30-36-32-22(3)18-23(4)35-33(32)37(30)21-24-12-14-26(15-13-24)29-19-27(25-10-8-7-9-11-25)16-17-28(29)20-34-31(38)6-2;1-5-29-35-31-22(3)17-23(4)34-32(31)37(29)21-24-7-10-26(11-8-24)28-18-25(20-36-13-15-39-16-14-36)9-12-27(28)19-33-30(38)6-2/h5-15,22-23H,4,16-21,24-26H2,1-3H3,(H2,39,40,45);7-19H,5-6,20-21H2,1-4H3,(H,34,38);7-12,17-18H,5-6,13-16,19-21H2,1-4H3,(H,33,38). The molecule has 20 nitrogen and oxygen atoms in total. The zero-order valence-electron chi connectivity index (χ0n) is 73.4. The molecule has 123 heavy (non-hydrogen) atoms. The number of pyridine rings is 3. The minimum Gasteiger partial charge on any atom is -0.379 e. The van der Waals surface area contributed by atoms with E-state index < -0.39 is 0 Å². The van der Waals surface area contributed by atoms with E-state index >= 15 is 0 Å². The van der Waals surface area contributed by atoms with Gasteiger partial charge < -0.3 is 44.4 Å². The third-order valence-corrected chi connectivity index (χ3v) is 23.2. The number of fused-ring (bicyclic) bond motifs is 3. The van der Waals surface area contributed by atoms with E-state index in [-0.39, 0.29) is 17.8 Å². The topological polar surface area (TPSA) is 216 Å². The molecule has 2 saturated heterocycles. The molecule has 4 amide bonds. The molecule has 8 heterocycles. The zero-order valence-corrected chi connectivity index (χ0v) is 73.4. The van der Waals surface area contributed by atoms with Crippen molar-refractivity contribution < 1.29 is 23.9 Å². The number of benzene rings is 8. The first-order valence-corrected chi connectivity index (χ1v) is 43.8. The normalized spacial score (nSPS) is 13.0. The number of carbonyl (C=O) groups excluding carboxylic acids is 3. The van der Waals surface area contributed by atoms with Crippen LogP contribution in [-0.2, 0) is 97.1 Å². The molecule has 6 aromatic heterocycles. The second kappa shape index (κ2) is 41.5. The van der Waals surface area contributed by atoms with Crippen molar-refractivity contribution in [2.75, 3.05) is 59.2 Å². The van der Waals surface area contributed by atoms with Gasteiger partial charge in [0.2, 0.25) is 11.8 Å². The van der Waals surface area contributed by atoms with Crippen molar-refractivity contribution in [1.29, 1.82) is 0 Å². The Bertz CT molecular complexity index is 5970. The van der Waals surface area contributed by atoms with Crippen molar-refractivity contribution in [3.63, 3.8) is 0 Å². The molecule has 0 saturated carbocycles. The summed E-state index contributed by atoms with van der Waals surface area (Å²) in [6.07, 6.45) is 4.31. The van der Waals surface area contributed by atoms with Crippen molar-refractivity contribution >= 4 is 51.3 Å². The number of aromatic nitrogens is 9. The van der Waals surface area contributed by atoms with Gasteiger partial charge in [0.1, 0.15) is 34.0 Å². The Balaban J connectivity index is 0.000000151. The molecule has 0 unspecified atom stereocenters. The molecule has 0 aliphatic carbocycles. The van der Waals surface area contributed by atoms with Crippen LogP contribution in [0.15, 0.2) is 206 Å². The van der Waals surface area contributed by atoms with Crippen LogP contribution in [0.3, 0.4) is 0 Å². The largest absolute Gasteiger partial charge is 0.379 e. The fourth-order valence-electron chi connectivity index (χ4n) is 16.5. The predicted octanol–water partition coefficient (Wildman–Crippen LogP) is 18.4. The third kappa shape index (κ3) is 22.1. The van der Waals surface area contributed by atoms with Gasteiger partial charge in [0.25, 0.3) is 0 Å². The number of amides is 4. The van der Waals surface area contributed by atoms with Crippen molar-refractivity contribution in [2.45, 2.75) is 167 Å². The minimum atomic E-state index is -0.159. The van der Waals surface area contributed by atoms with Crippen LogP contribution in [0, 0.1) is 41.5 Å². The molecule has 0 bridgehead atoms. The van der Waals surface area contributed by atoms with Crippen LogP contribution >= 0.6 is 0 Å². The number of morpholine rings is 2. The molecule has 4 N–H and O–H groups in total. The number of hydrogen-bond donors (Lipinski definition) is 4. The monoisotopic (exact) mass is 1640 g/mol. The van der Waals surface area contributed by atoms with Crippen molar-refractivity contribution in [2.24, 2.45) is 0 Å².